The van der Waals surface area contributed by atoms with E-state index in [4.69, 9.17) is 0 Å². The fourth-order valence-electron chi connectivity index (χ4n) is 2.42. The molecule has 0 aliphatic rings. The van der Waals surface area contributed by atoms with Crippen LogP contribution in [0.4, 0.5) is 0 Å². The van der Waals surface area contributed by atoms with Crippen LogP contribution in [0, 0.1) is 0 Å². The molecule has 0 rings (SSSR count). The molecule has 0 spiro atoms. The third-order valence-electron chi connectivity index (χ3n) is 3.75. The topological polar surface area (TPSA) is 24.1 Å². The Morgan fingerprint density at radius 1 is 1.04 bits per heavy atom. The van der Waals surface area contributed by atoms with Gasteiger partial charge in [0.05, 0.1) is 0 Å². The van der Waals surface area contributed by atoms with E-state index in [-0.39, 0.29) is 6.98 Å². The van der Waals surface area contributed by atoms with Gasteiger partial charge in [0, 0.05) is 5.70 Å². The molecule has 0 aliphatic heterocycles. The Morgan fingerprint density at radius 2 is 1.68 bits per heavy atom. The number of allylic oxidation sites excluding steroid dienone is 12. The van der Waals surface area contributed by atoms with Crippen molar-refractivity contribution < 1.29 is 0 Å². The van der Waals surface area contributed by atoms with E-state index in [0.717, 1.165) is 27.9 Å². The fraction of sp³-hybridized carbons (Fsp3) is 0.273. The van der Waals surface area contributed by atoms with Crippen molar-refractivity contribution in [2.24, 2.45) is 0 Å². The first-order chi connectivity index (χ1) is 11.8. The van der Waals surface area contributed by atoms with E-state index in [1.807, 2.05) is 58.2 Å². The zero-order valence-corrected chi connectivity index (χ0v) is 16.7. The molecule has 2 nitrogen and oxygen atoms in total. The van der Waals surface area contributed by atoms with Crippen molar-refractivity contribution in [3.8, 4) is 0 Å². The summed E-state index contributed by atoms with van der Waals surface area (Å²) in [5.74, 6) is 0. The van der Waals surface area contributed by atoms with Crippen molar-refractivity contribution in [1.29, 1.82) is 0 Å². The molecule has 0 amide bonds. The summed E-state index contributed by atoms with van der Waals surface area (Å²) in [6.45, 7) is 22.3. The van der Waals surface area contributed by atoms with Gasteiger partial charge in [-0.3, -0.25) is 0 Å². The predicted molar refractivity (Wildman–Crippen MR) is 116 cm³/mol. The maximum Gasteiger partial charge on any atom is 0.372 e. The van der Waals surface area contributed by atoms with Crippen LogP contribution in [0.2, 0.25) is 0 Å². The first-order valence-corrected chi connectivity index (χ1v) is 8.58. The van der Waals surface area contributed by atoms with Gasteiger partial charge in [0.15, 0.2) is 0 Å². The zero-order valence-electron chi connectivity index (χ0n) is 16.7. The maximum atomic E-state index is 4.23. The van der Waals surface area contributed by atoms with Crippen molar-refractivity contribution in [2.75, 3.05) is 7.05 Å². The lowest BCUT2D eigenvalue weighted by molar-refractivity contribution is 1.07. The zero-order chi connectivity index (χ0) is 19.4. The predicted octanol–water partition coefficient (Wildman–Crippen LogP) is 5.44. The molecular weight excluding hydrogens is 303 g/mol. The van der Waals surface area contributed by atoms with Gasteiger partial charge in [-0.1, -0.05) is 49.6 Å². The van der Waals surface area contributed by atoms with Crippen LogP contribution < -0.4 is 10.5 Å². The Hall–Kier alpha value is -2.26. The van der Waals surface area contributed by atoms with E-state index in [2.05, 4.69) is 56.2 Å². The summed E-state index contributed by atoms with van der Waals surface area (Å²) in [6.07, 6.45) is 14.1. The Morgan fingerprint density at radius 3 is 2.12 bits per heavy atom. The molecule has 0 bridgehead atoms. The molecule has 0 atom stereocenters. The molecule has 0 aromatic rings. The molecule has 25 heavy (non-hydrogen) atoms. The van der Waals surface area contributed by atoms with Gasteiger partial charge in [-0.25, -0.2) is 0 Å². The molecule has 0 saturated heterocycles. The van der Waals surface area contributed by atoms with Gasteiger partial charge in [0.25, 0.3) is 0 Å². The minimum atomic E-state index is -0.0868. The normalized spacial score (nSPS) is 13.8. The molecule has 0 aromatic carbocycles. The van der Waals surface area contributed by atoms with Crippen molar-refractivity contribution in [2.45, 2.75) is 34.6 Å². The molecule has 0 aromatic heterocycles. The van der Waals surface area contributed by atoms with Crippen LogP contribution >= 0.6 is 0 Å². The van der Waals surface area contributed by atoms with Gasteiger partial charge in [-0.2, -0.15) is 0 Å². The van der Waals surface area contributed by atoms with Crippen molar-refractivity contribution >= 4 is 6.98 Å². The van der Waals surface area contributed by atoms with E-state index in [9.17, 15) is 0 Å². The van der Waals surface area contributed by atoms with E-state index in [1.165, 1.54) is 5.57 Å². The van der Waals surface area contributed by atoms with E-state index >= 15 is 0 Å². The van der Waals surface area contributed by atoms with Crippen LogP contribution in [0.25, 0.3) is 0 Å². The fourth-order valence-corrected chi connectivity index (χ4v) is 2.42. The Bertz CT molecular complexity index is 643. The molecule has 0 fully saturated rings. The second kappa shape index (κ2) is 12.2. The summed E-state index contributed by atoms with van der Waals surface area (Å²) in [5.41, 5.74) is 6.34. The minimum Gasteiger partial charge on any atom is -0.410 e. The summed E-state index contributed by atoms with van der Waals surface area (Å²) in [6, 6.07) is 0. The van der Waals surface area contributed by atoms with Crippen molar-refractivity contribution in [1.82, 2.24) is 10.5 Å². The Balaban J connectivity index is 5.56. The smallest absolute Gasteiger partial charge is 0.372 e. The third-order valence-corrected chi connectivity index (χ3v) is 3.75. The van der Waals surface area contributed by atoms with Gasteiger partial charge >= 0.3 is 6.98 Å². The molecule has 0 saturated carbocycles. The van der Waals surface area contributed by atoms with Gasteiger partial charge < -0.3 is 10.5 Å². The highest BCUT2D eigenvalue weighted by molar-refractivity contribution is 6.62. The molecule has 2 N–H and O–H groups in total. The molecule has 0 heterocycles. The average molecular weight is 336 g/mol. The van der Waals surface area contributed by atoms with Crippen LogP contribution in [-0.2, 0) is 0 Å². The van der Waals surface area contributed by atoms with Crippen molar-refractivity contribution in [3.63, 3.8) is 0 Å². The number of nitrogens with one attached hydrogen (secondary N) is 2. The lowest BCUT2D eigenvalue weighted by Crippen LogP contribution is -2.46. The molecule has 0 radical (unpaired) electrons. The van der Waals surface area contributed by atoms with Gasteiger partial charge in [-0.15, -0.1) is 6.58 Å². The largest absolute Gasteiger partial charge is 0.410 e. The second-order valence-corrected chi connectivity index (χ2v) is 5.96. The molecular formula is C22H33BN2. The maximum absolute atomic E-state index is 4.23. The monoisotopic (exact) mass is 336 g/mol. The second-order valence-electron chi connectivity index (χ2n) is 5.96. The lowest BCUT2D eigenvalue weighted by Gasteiger charge is -2.19. The summed E-state index contributed by atoms with van der Waals surface area (Å²) < 4.78 is 0. The average Bonchev–Trinajstić information content (AvgIpc) is 2.55. The van der Waals surface area contributed by atoms with Crippen molar-refractivity contribution in [3.05, 3.63) is 95.7 Å². The SMILES string of the molecule is C=CC(/C(C)=C/C(=C)B(NC)N/C(=C/C=C\C)C(=C)C)=C(C)\C=C/C. The van der Waals surface area contributed by atoms with Crippen LogP contribution in [0.5, 0.6) is 0 Å². The summed E-state index contributed by atoms with van der Waals surface area (Å²) in [7, 11) is 1.91. The highest BCUT2D eigenvalue weighted by Crippen LogP contribution is 2.19. The van der Waals surface area contributed by atoms with Gasteiger partial charge in [-0.05, 0) is 75.5 Å². The lowest BCUT2D eigenvalue weighted by atomic mass is 9.67. The summed E-state index contributed by atoms with van der Waals surface area (Å²) >= 11 is 0. The highest BCUT2D eigenvalue weighted by Gasteiger charge is 2.17. The standard InChI is InChI=1S/C22H33BN2/c1-10-13-15-22(17(4)5)25-23(24-9)20(8)16-19(7)21(12-3)18(6)14-11-2/h10-16,24-25H,3-4,8H2,1-2,5-7,9H3/b13-10-,14-11-,19-16+,21-18+,22-15+. The number of rotatable bonds is 10. The molecule has 3 heteroatoms. The molecule has 0 aliphatic carbocycles. The van der Waals surface area contributed by atoms with E-state index < -0.39 is 0 Å². The van der Waals surface area contributed by atoms with Gasteiger partial charge in [0.2, 0.25) is 0 Å². The third kappa shape index (κ3) is 7.91. The van der Waals surface area contributed by atoms with Crippen LogP contribution in [-0.4, -0.2) is 14.0 Å². The van der Waals surface area contributed by atoms with Crippen LogP contribution in [0.3, 0.4) is 0 Å². The quantitative estimate of drug-likeness (QED) is 0.410. The molecule has 0 unspecified atom stereocenters. The minimum absolute atomic E-state index is 0.0868. The molecule has 134 valence electrons. The van der Waals surface area contributed by atoms with Crippen LogP contribution in [0.1, 0.15) is 34.6 Å². The van der Waals surface area contributed by atoms with Crippen LogP contribution in [0.15, 0.2) is 95.7 Å². The summed E-state index contributed by atoms with van der Waals surface area (Å²) in [5, 5.41) is 6.72. The van der Waals surface area contributed by atoms with E-state index in [1.54, 1.807) is 0 Å². The van der Waals surface area contributed by atoms with Gasteiger partial charge in [0.1, 0.15) is 0 Å². The highest BCUT2D eigenvalue weighted by atomic mass is 14.9. The first-order valence-electron chi connectivity index (χ1n) is 8.58. The first kappa shape index (κ1) is 22.7. The summed E-state index contributed by atoms with van der Waals surface area (Å²) in [4.78, 5) is 0. The van der Waals surface area contributed by atoms with E-state index in [0.29, 0.717) is 0 Å². The number of hydrogen-bond donors (Lipinski definition) is 2. The number of hydrogen-bond acceptors (Lipinski definition) is 2. The Labute approximate surface area is 155 Å². The Kier molecular flexibility index (Phi) is 11.1.